The van der Waals surface area contributed by atoms with E-state index in [1.54, 1.807) is 25.1 Å². The quantitative estimate of drug-likeness (QED) is 0.799. The van der Waals surface area contributed by atoms with Gasteiger partial charge in [0.05, 0.1) is 18.2 Å². The SMILES string of the molecule is COc1c(C)cccc1C(=O)NC(=S)Nc1cccc(C(F)(F)F)c1. The minimum absolute atomic E-state index is 0.118. The Bertz CT molecular complexity index is 807. The molecule has 0 bridgehead atoms. The third-order valence-electron chi connectivity index (χ3n) is 3.34. The van der Waals surface area contributed by atoms with Gasteiger partial charge in [0.15, 0.2) is 5.11 Å². The fourth-order valence-electron chi connectivity index (χ4n) is 2.21. The van der Waals surface area contributed by atoms with Crippen molar-refractivity contribution in [3.63, 3.8) is 0 Å². The van der Waals surface area contributed by atoms with Crippen LogP contribution in [0.2, 0.25) is 0 Å². The highest BCUT2D eigenvalue weighted by molar-refractivity contribution is 7.80. The standard InChI is InChI=1S/C17H15F3N2O2S/c1-10-5-3-8-13(14(10)24-2)15(23)22-16(25)21-12-7-4-6-11(9-12)17(18,19)20/h3-9H,1-2H3,(H2,21,22,23,25). The molecule has 132 valence electrons. The van der Waals surface area contributed by atoms with Gasteiger partial charge in [0.2, 0.25) is 0 Å². The van der Waals surface area contributed by atoms with Crippen LogP contribution in [0.25, 0.3) is 0 Å². The molecule has 0 saturated carbocycles. The van der Waals surface area contributed by atoms with Crippen LogP contribution in [0.15, 0.2) is 42.5 Å². The number of halogens is 3. The van der Waals surface area contributed by atoms with Crippen molar-refractivity contribution >= 4 is 28.9 Å². The van der Waals surface area contributed by atoms with Crippen molar-refractivity contribution in [1.82, 2.24) is 5.32 Å². The lowest BCUT2D eigenvalue weighted by molar-refractivity contribution is -0.137. The van der Waals surface area contributed by atoms with E-state index >= 15 is 0 Å². The van der Waals surface area contributed by atoms with E-state index in [0.29, 0.717) is 5.75 Å². The number of carbonyl (C=O) groups is 1. The number of ether oxygens (including phenoxy) is 1. The van der Waals surface area contributed by atoms with Crippen LogP contribution in [0.5, 0.6) is 5.75 Å². The van der Waals surface area contributed by atoms with E-state index in [9.17, 15) is 18.0 Å². The monoisotopic (exact) mass is 368 g/mol. The summed E-state index contributed by atoms with van der Waals surface area (Å²) in [6, 6.07) is 9.56. The Morgan fingerprint density at radius 3 is 2.48 bits per heavy atom. The third kappa shape index (κ3) is 4.69. The van der Waals surface area contributed by atoms with E-state index < -0.39 is 17.6 Å². The summed E-state index contributed by atoms with van der Waals surface area (Å²) in [5.74, 6) is -0.119. The van der Waals surface area contributed by atoms with E-state index in [1.807, 2.05) is 0 Å². The second-order valence-corrected chi connectivity index (χ2v) is 5.55. The number of thiocarbonyl (C=S) groups is 1. The Hall–Kier alpha value is -2.61. The summed E-state index contributed by atoms with van der Waals surface area (Å²) in [6.45, 7) is 1.79. The Balaban J connectivity index is 2.11. The number of para-hydroxylation sites is 1. The highest BCUT2D eigenvalue weighted by atomic mass is 32.1. The van der Waals surface area contributed by atoms with Gasteiger partial charge < -0.3 is 10.1 Å². The summed E-state index contributed by atoms with van der Waals surface area (Å²) >= 11 is 5.00. The summed E-state index contributed by atoms with van der Waals surface area (Å²) in [7, 11) is 1.44. The zero-order chi connectivity index (χ0) is 18.6. The maximum absolute atomic E-state index is 12.7. The van der Waals surface area contributed by atoms with Crippen molar-refractivity contribution in [2.45, 2.75) is 13.1 Å². The number of alkyl halides is 3. The van der Waals surface area contributed by atoms with Crippen LogP contribution in [0, 0.1) is 6.92 Å². The van der Waals surface area contributed by atoms with Crippen LogP contribution in [0.1, 0.15) is 21.5 Å². The average molecular weight is 368 g/mol. The number of benzene rings is 2. The molecular formula is C17H15F3N2O2S. The number of hydrogen-bond donors (Lipinski definition) is 2. The second-order valence-electron chi connectivity index (χ2n) is 5.14. The average Bonchev–Trinajstić information content (AvgIpc) is 2.53. The number of amides is 1. The largest absolute Gasteiger partial charge is 0.496 e. The molecule has 4 nitrogen and oxygen atoms in total. The number of carbonyl (C=O) groups excluding carboxylic acids is 1. The Morgan fingerprint density at radius 2 is 1.84 bits per heavy atom. The summed E-state index contributed by atoms with van der Waals surface area (Å²) in [6.07, 6.45) is -4.46. The second kappa shape index (κ2) is 7.52. The van der Waals surface area contributed by atoms with Gasteiger partial charge in [-0.3, -0.25) is 10.1 Å². The highest BCUT2D eigenvalue weighted by Gasteiger charge is 2.30. The molecule has 0 aliphatic heterocycles. The number of methoxy groups -OCH3 is 1. The topological polar surface area (TPSA) is 50.4 Å². The molecule has 2 aromatic carbocycles. The fourth-order valence-corrected chi connectivity index (χ4v) is 2.42. The summed E-state index contributed by atoms with van der Waals surface area (Å²) < 4.78 is 43.3. The summed E-state index contributed by atoms with van der Waals surface area (Å²) in [5.41, 5.74) is 0.353. The minimum Gasteiger partial charge on any atom is -0.496 e. The molecule has 0 fully saturated rings. The maximum Gasteiger partial charge on any atom is 0.416 e. The number of hydrogen-bond acceptors (Lipinski definition) is 3. The van der Waals surface area contributed by atoms with Crippen LogP contribution in [-0.2, 0) is 6.18 Å². The molecule has 0 spiro atoms. The number of rotatable bonds is 3. The maximum atomic E-state index is 12.7. The first-order chi connectivity index (χ1) is 11.7. The smallest absolute Gasteiger partial charge is 0.416 e. The normalized spacial score (nSPS) is 10.9. The molecule has 0 radical (unpaired) electrons. The molecule has 0 heterocycles. The predicted octanol–water partition coefficient (Wildman–Crippen LogP) is 4.15. The van der Waals surface area contributed by atoms with E-state index in [1.165, 1.54) is 19.2 Å². The van der Waals surface area contributed by atoms with Crippen molar-refractivity contribution in [3.8, 4) is 5.75 Å². The third-order valence-corrected chi connectivity index (χ3v) is 3.54. The van der Waals surface area contributed by atoms with Gasteiger partial charge in [0.25, 0.3) is 5.91 Å². The first-order valence-electron chi connectivity index (χ1n) is 7.15. The number of anilines is 1. The molecule has 0 aliphatic rings. The molecule has 0 atom stereocenters. The van der Waals surface area contributed by atoms with Crippen LogP contribution in [-0.4, -0.2) is 18.1 Å². The van der Waals surface area contributed by atoms with Crippen molar-refractivity contribution in [1.29, 1.82) is 0 Å². The van der Waals surface area contributed by atoms with Gasteiger partial charge in [0, 0.05) is 5.69 Å². The number of nitrogens with one attached hydrogen (secondary N) is 2. The number of aryl methyl sites for hydroxylation is 1. The summed E-state index contributed by atoms with van der Waals surface area (Å²) in [5, 5.41) is 4.87. The Labute approximate surface area is 148 Å². The van der Waals surface area contributed by atoms with Crippen molar-refractivity contribution < 1.29 is 22.7 Å². The van der Waals surface area contributed by atoms with Gasteiger partial charge >= 0.3 is 6.18 Å². The Kier molecular flexibility index (Phi) is 5.63. The molecule has 2 aromatic rings. The van der Waals surface area contributed by atoms with Gasteiger partial charge in [-0.05, 0) is 49.0 Å². The van der Waals surface area contributed by atoms with E-state index in [0.717, 1.165) is 17.7 Å². The van der Waals surface area contributed by atoms with E-state index in [-0.39, 0.29) is 16.4 Å². The zero-order valence-electron chi connectivity index (χ0n) is 13.4. The molecule has 2 rings (SSSR count). The molecule has 8 heteroatoms. The van der Waals surface area contributed by atoms with Crippen LogP contribution in [0.3, 0.4) is 0 Å². The molecule has 25 heavy (non-hydrogen) atoms. The lowest BCUT2D eigenvalue weighted by atomic mass is 10.1. The van der Waals surface area contributed by atoms with Crippen molar-refractivity contribution in [2.24, 2.45) is 0 Å². The van der Waals surface area contributed by atoms with Gasteiger partial charge in [-0.25, -0.2) is 0 Å². The van der Waals surface area contributed by atoms with Gasteiger partial charge in [-0.15, -0.1) is 0 Å². The van der Waals surface area contributed by atoms with Gasteiger partial charge in [0.1, 0.15) is 5.75 Å². The molecular weight excluding hydrogens is 353 g/mol. The van der Waals surface area contributed by atoms with E-state index in [2.05, 4.69) is 10.6 Å². The first-order valence-corrected chi connectivity index (χ1v) is 7.56. The molecule has 0 unspecified atom stereocenters. The molecule has 0 aliphatic carbocycles. The van der Waals surface area contributed by atoms with Crippen LogP contribution < -0.4 is 15.4 Å². The molecule has 2 N–H and O–H groups in total. The molecule has 0 saturated heterocycles. The molecule has 0 aromatic heterocycles. The highest BCUT2D eigenvalue weighted by Crippen LogP contribution is 2.30. The lowest BCUT2D eigenvalue weighted by Gasteiger charge is -2.14. The summed E-state index contributed by atoms with van der Waals surface area (Å²) in [4.78, 5) is 12.3. The van der Waals surface area contributed by atoms with Gasteiger partial charge in [-0.2, -0.15) is 13.2 Å². The zero-order valence-corrected chi connectivity index (χ0v) is 14.2. The molecule has 1 amide bonds. The predicted molar refractivity (Wildman–Crippen MR) is 92.9 cm³/mol. The van der Waals surface area contributed by atoms with Crippen LogP contribution in [0.4, 0.5) is 18.9 Å². The van der Waals surface area contributed by atoms with Crippen LogP contribution >= 0.6 is 12.2 Å². The lowest BCUT2D eigenvalue weighted by Crippen LogP contribution is -2.34. The fraction of sp³-hybridized carbons (Fsp3) is 0.176. The van der Waals surface area contributed by atoms with Gasteiger partial charge in [-0.1, -0.05) is 18.2 Å². The van der Waals surface area contributed by atoms with Crippen molar-refractivity contribution in [2.75, 3.05) is 12.4 Å². The first kappa shape index (κ1) is 18.7. The minimum atomic E-state index is -4.46. The Morgan fingerprint density at radius 1 is 1.16 bits per heavy atom. The van der Waals surface area contributed by atoms with Crippen molar-refractivity contribution in [3.05, 3.63) is 59.2 Å². The van der Waals surface area contributed by atoms with E-state index in [4.69, 9.17) is 17.0 Å².